The molecule has 4 nitrogen and oxygen atoms in total. The van der Waals surface area contributed by atoms with Gasteiger partial charge in [0.2, 0.25) is 0 Å². The largest absolute Gasteiger partial charge is 0.486 e. The average Bonchev–Trinajstić information content (AvgIpc) is 2.83. The Morgan fingerprint density at radius 3 is 2.59 bits per heavy atom. The fraction of sp³-hybridized carbons (Fsp3) is 0.353. The van der Waals surface area contributed by atoms with Crippen LogP contribution < -0.4 is 15.4 Å². The molecule has 5 heteroatoms. The van der Waals surface area contributed by atoms with E-state index in [1.165, 1.54) is 5.56 Å². The van der Waals surface area contributed by atoms with Crippen LogP contribution in [0.1, 0.15) is 31.2 Å². The molecule has 0 aliphatic rings. The van der Waals surface area contributed by atoms with E-state index in [4.69, 9.17) is 4.74 Å². The van der Waals surface area contributed by atoms with Gasteiger partial charge in [0.05, 0.1) is 12.2 Å². The van der Waals surface area contributed by atoms with E-state index < -0.39 is 0 Å². The molecule has 0 saturated carbocycles. The standard InChI is InChI=1S/C17H22N2O2S/c1-12-9-10-22-15(12)11-18-16(20)19-13-7-5-6-8-14(13)21-17(2,3)4/h5-10H,11H2,1-4H3,(H2,18,19,20). The smallest absolute Gasteiger partial charge is 0.319 e. The van der Waals surface area contributed by atoms with Gasteiger partial charge in [-0.05, 0) is 56.8 Å². The molecule has 0 spiro atoms. The van der Waals surface area contributed by atoms with Crippen LogP contribution in [-0.2, 0) is 6.54 Å². The summed E-state index contributed by atoms with van der Waals surface area (Å²) in [7, 11) is 0. The summed E-state index contributed by atoms with van der Waals surface area (Å²) in [5, 5.41) is 7.74. The van der Waals surface area contributed by atoms with Gasteiger partial charge in [0.15, 0.2) is 0 Å². The van der Waals surface area contributed by atoms with Crippen LogP contribution in [0.15, 0.2) is 35.7 Å². The summed E-state index contributed by atoms with van der Waals surface area (Å²) in [5.74, 6) is 0.664. The fourth-order valence-electron chi connectivity index (χ4n) is 1.90. The van der Waals surface area contributed by atoms with E-state index in [0.717, 1.165) is 4.88 Å². The van der Waals surface area contributed by atoms with Crippen LogP contribution in [-0.4, -0.2) is 11.6 Å². The first-order valence-electron chi connectivity index (χ1n) is 7.21. The molecule has 1 heterocycles. The molecule has 0 saturated heterocycles. The Bertz CT molecular complexity index is 644. The van der Waals surface area contributed by atoms with Crippen molar-refractivity contribution in [2.75, 3.05) is 5.32 Å². The molecule has 0 fully saturated rings. The molecule has 2 N–H and O–H groups in total. The van der Waals surface area contributed by atoms with Crippen molar-refractivity contribution < 1.29 is 9.53 Å². The van der Waals surface area contributed by atoms with Crippen LogP contribution >= 0.6 is 11.3 Å². The van der Waals surface area contributed by atoms with E-state index in [2.05, 4.69) is 10.6 Å². The van der Waals surface area contributed by atoms with Crippen molar-refractivity contribution in [2.24, 2.45) is 0 Å². The predicted octanol–water partition coefficient (Wildman–Crippen LogP) is 4.56. The summed E-state index contributed by atoms with van der Waals surface area (Å²) in [6.07, 6.45) is 0. The third-order valence-electron chi connectivity index (χ3n) is 2.93. The number of benzene rings is 1. The number of hydrogen-bond donors (Lipinski definition) is 2. The Hall–Kier alpha value is -2.01. The number of urea groups is 1. The van der Waals surface area contributed by atoms with E-state index in [1.807, 2.05) is 63.4 Å². The molecular weight excluding hydrogens is 296 g/mol. The monoisotopic (exact) mass is 318 g/mol. The summed E-state index contributed by atoms with van der Waals surface area (Å²) < 4.78 is 5.86. The number of anilines is 1. The van der Waals surface area contributed by atoms with Gasteiger partial charge in [0, 0.05) is 4.88 Å². The minimum Gasteiger partial charge on any atom is -0.486 e. The van der Waals surface area contributed by atoms with Gasteiger partial charge >= 0.3 is 6.03 Å². The lowest BCUT2D eigenvalue weighted by molar-refractivity contribution is 0.132. The van der Waals surface area contributed by atoms with Crippen LogP contribution in [0.25, 0.3) is 0 Å². The highest BCUT2D eigenvalue weighted by Crippen LogP contribution is 2.27. The molecular formula is C17H22N2O2S. The second kappa shape index (κ2) is 6.83. The average molecular weight is 318 g/mol. The van der Waals surface area contributed by atoms with Crippen LogP contribution in [0.4, 0.5) is 10.5 Å². The van der Waals surface area contributed by atoms with E-state index in [9.17, 15) is 4.79 Å². The molecule has 118 valence electrons. The summed E-state index contributed by atoms with van der Waals surface area (Å²) in [4.78, 5) is 13.2. The lowest BCUT2D eigenvalue weighted by Crippen LogP contribution is -2.29. The van der Waals surface area contributed by atoms with Gasteiger partial charge in [-0.15, -0.1) is 11.3 Å². The number of nitrogens with one attached hydrogen (secondary N) is 2. The molecule has 0 bridgehead atoms. The highest BCUT2D eigenvalue weighted by molar-refractivity contribution is 7.10. The van der Waals surface area contributed by atoms with Crippen molar-refractivity contribution in [3.05, 3.63) is 46.2 Å². The number of para-hydroxylation sites is 2. The number of aryl methyl sites for hydroxylation is 1. The molecule has 2 amide bonds. The molecule has 2 rings (SSSR count). The number of carbonyl (C=O) groups is 1. The van der Waals surface area contributed by atoms with Crippen LogP contribution in [0.5, 0.6) is 5.75 Å². The first kappa shape index (κ1) is 16.4. The molecule has 2 aromatic rings. The molecule has 22 heavy (non-hydrogen) atoms. The molecule has 0 unspecified atom stereocenters. The third-order valence-corrected chi connectivity index (χ3v) is 3.95. The Balaban J connectivity index is 1.98. The van der Waals surface area contributed by atoms with E-state index in [0.29, 0.717) is 18.0 Å². The zero-order valence-electron chi connectivity index (χ0n) is 13.4. The topological polar surface area (TPSA) is 50.4 Å². The molecule has 0 aliphatic heterocycles. The van der Waals surface area contributed by atoms with E-state index >= 15 is 0 Å². The normalized spacial score (nSPS) is 11.1. The Kier molecular flexibility index (Phi) is 5.08. The molecule has 0 aliphatic carbocycles. The van der Waals surface area contributed by atoms with Crippen molar-refractivity contribution in [3.63, 3.8) is 0 Å². The molecule has 0 atom stereocenters. The summed E-state index contributed by atoms with van der Waals surface area (Å²) in [6, 6.07) is 9.25. The van der Waals surface area contributed by atoms with E-state index in [1.54, 1.807) is 11.3 Å². The van der Waals surface area contributed by atoms with Crippen molar-refractivity contribution in [3.8, 4) is 5.75 Å². The Labute approximate surface area is 135 Å². The van der Waals surface area contributed by atoms with Gasteiger partial charge in [-0.3, -0.25) is 0 Å². The number of carbonyl (C=O) groups excluding carboxylic acids is 1. The third kappa shape index (κ3) is 4.77. The van der Waals surface area contributed by atoms with Gasteiger partial charge < -0.3 is 15.4 Å². The van der Waals surface area contributed by atoms with Gasteiger partial charge in [0.1, 0.15) is 11.4 Å². The maximum atomic E-state index is 12.1. The SMILES string of the molecule is Cc1ccsc1CNC(=O)Nc1ccccc1OC(C)(C)C. The number of rotatable bonds is 4. The minimum atomic E-state index is -0.317. The lowest BCUT2D eigenvalue weighted by atomic mass is 10.2. The highest BCUT2D eigenvalue weighted by atomic mass is 32.1. The van der Waals surface area contributed by atoms with Crippen molar-refractivity contribution >= 4 is 23.1 Å². The second-order valence-corrected chi connectivity index (χ2v) is 7.05. The number of thiophene rings is 1. The first-order chi connectivity index (χ1) is 10.3. The molecule has 1 aromatic carbocycles. The second-order valence-electron chi connectivity index (χ2n) is 6.05. The van der Waals surface area contributed by atoms with Crippen molar-refractivity contribution in [2.45, 2.75) is 39.8 Å². The van der Waals surface area contributed by atoms with Crippen LogP contribution in [0, 0.1) is 6.92 Å². The van der Waals surface area contributed by atoms with Crippen LogP contribution in [0.3, 0.4) is 0 Å². The van der Waals surface area contributed by atoms with Gasteiger partial charge in [-0.1, -0.05) is 12.1 Å². The predicted molar refractivity (Wildman–Crippen MR) is 91.7 cm³/mol. The summed E-state index contributed by atoms with van der Waals surface area (Å²) in [6.45, 7) is 8.49. The highest BCUT2D eigenvalue weighted by Gasteiger charge is 2.15. The number of ether oxygens (including phenoxy) is 1. The number of hydrogen-bond acceptors (Lipinski definition) is 3. The quantitative estimate of drug-likeness (QED) is 0.868. The van der Waals surface area contributed by atoms with Crippen molar-refractivity contribution in [1.82, 2.24) is 5.32 Å². The minimum absolute atomic E-state index is 0.238. The zero-order chi connectivity index (χ0) is 16.2. The zero-order valence-corrected chi connectivity index (χ0v) is 14.2. The number of amides is 2. The van der Waals surface area contributed by atoms with Gasteiger partial charge in [0.25, 0.3) is 0 Å². The summed E-state index contributed by atoms with van der Waals surface area (Å²) >= 11 is 1.64. The van der Waals surface area contributed by atoms with Crippen molar-refractivity contribution in [1.29, 1.82) is 0 Å². The first-order valence-corrected chi connectivity index (χ1v) is 8.09. The molecule has 0 radical (unpaired) electrons. The fourth-order valence-corrected chi connectivity index (χ4v) is 2.75. The lowest BCUT2D eigenvalue weighted by Gasteiger charge is -2.23. The van der Waals surface area contributed by atoms with Gasteiger partial charge in [-0.2, -0.15) is 0 Å². The van der Waals surface area contributed by atoms with E-state index in [-0.39, 0.29) is 11.6 Å². The Morgan fingerprint density at radius 1 is 1.23 bits per heavy atom. The maximum Gasteiger partial charge on any atom is 0.319 e. The maximum absolute atomic E-state index is 12.1. The van der Waals surface area contributed by atoms with Gasteiger partial charge in [-0.25, -0.2) is 4.79 Å². The molecule has 1 aromatic heterocycles. The summed E-state index contributed by atoms with van der Waals surface area (Å²) in [5.41, 5.74) is 1.54. The van der Waals surface area contributed by atoms with Crippen LogP contribution in [0.2, 0.25) is 0 Å². The Morgan fingerprint density at radius 2 is 1.95 bits per heavy atom.